The second-order valence-electron chi connectivity index (χ2n) is 14.4. The summed E-state index contributed by atoms with van der Waals surface area (Å²) in [4.78, 5) is 13.0. The highest BCUT2D eigenvalue weighted by atomic mass is 19.4. The molecule has 1 heterocycles. The van der Waals surface area contributed by atoms with E-state index in [0.717, 1.165) is 61.2 Å². The number of rotatable bonds is 13. The van der Waals surface area contributed by atoms with Crippen molar-refractivity contribution in [2.75, 3.05) is 26.8 Å². The Hall–Kier alpha value is -2.78. The first-order valence-electron chi connectivity index (χ1n) is 16.1. The van der Waals surface area contributed by atoms with E-state index in [2.05, 4.69) is 26.0 Å². The quantitative estimate of drug-likeness (QED) is 0.239. The fourth-order valence-electron chi connectivity index (χ4n) is 7.09. The maximum Gasteiger partial charge on any atom is 0.395 e. The number of ether oxygens (including phenoxy) is 3. The van der Waals surface area contributed by atoms with Gasteiger partial charge in [-0.25, -0.2) is 0 Å². The van der Waals surface area contributed by atoms with E-state index in [4.69, 9.17) is 19.3 Å². The van der Waals surface area contributed by atoms with Crippen LogP contribution < -0.4 is 9.47 Å². The van der Waals surface area contributed by atoms with Crippen molar-refractivity contribution >= 4 is 5.97 Å². The average Bonchev–Trinajstić information content (AvgIpc) is 2.96. The molecule has 1 aliphatic carbocycles. The van der Waals surface area contributed by atoms with Gasteiger partial charge < -0.3 is 19.3 Å². The summed E-state index contributed by atoms with van der Waals surface area (Å²) < 4.78 is 60.0. The highest BCUT2D eigenvalue weighted by Crippen LogP contribution is 2.45. The molecule has 1 saturated carbocycles. The minimum atomic E-state index is -4.33. The number of alkyl halides is 3. The second kappa shape index (κ2) is 14.3. The van der Waals surface area contributed by atoms with Crippen molar-refractivity contribution in [3.63, 3.8) is 0 Å². The second-order valence-corrected chi connectivity index (χ2v) is 14.4. The molecule has 6 nitrogen and oxygen atoms in total. The summed E-state index contributed by atoms with van der Waals surface area (Å²) in [5, 5.41) is 9.06. The highest BCUT2D eigenvalue weighted by molar-refractivity contribution is 5.67. The molecule has 2 fully saturated rings. The summed E-state index contributed by atoms with van der Waals surface area (Å²) >= 11 is 0. The molecule has 2 aromatic carbocycles. The lowest BCUT2D eigenvalue weighted by Crippen LogP contribution is -2.47. The Bertz CT molecular complexity index is 1240. The van der Waals surface area contributed by atoms with E-state index in [0.29, 0.717) is 26.1 Å². The zero-order valence-electron chi connectivity index (χ0n) is 27.4. The molecule has 1 N–H and O–H groups in total. The molecule has 0 aromatic heterocycles. The molecule has 45 heavy (non-hydrogen) atoms. The van der Waals surface area contributed by atoms with Crippen molar-refractivity contribution in [3.8, 4) is 11.5 Å². The molecule has 1 aliphatic heterocycles. The van der Waals surface area contributed by atoms with Gasteiger partial charge >= 0.3 is 12.1 Å². The van der Waals surface area contributed by atoms with Crippen LogP contribution in [0.4, 0.5) is 13.2 Å². The van der Waals surface area contributed by atoms with E-state index in [-0.39, 0.29) is 36.0 Å². The monoisotopic (exact) mass is 633 g/mol. The predicted octanol–water partition coefficient (Wildman–Crippen LogP) is 8.42. The molecule has 4 rings (SSSR count). The van der Waals surface area contributed by atoms with E-state index in [1.165, 1.54) is 13.8 Å². The van der Waals surface area contributed by atoms with Crippen LogP contribution in [0, 0.1) is 11.3 Å². The van der Waals surface area contributed by atoms with Crippen molar-refractivity contribution < 1.29 is 37.3 Å². The molecule has 0 bridgehead atoms. The van der Waals surface area contributed by atoms with Crippen LogP contribution >= 0.6 is 0 Å². The lowest BCUT2D eigenvalue weighted by atomic mass is 9.67. The largest absolute Gasteiger partial charge is 0.497 e. The Balaban J connectivity index is 1.48. The molecule has 1 saturated heterocycles. The molecule has 0 radical (unpaired) electrons. The Kier molecular flexibility index (Phi) is 11.2. The summed E-state index contributed by atoms with van der Waals surface area (Å²) in [5.74, 6) is 0.945. The Morgan fingerprint density at radius 3 is 2.18 bits per heavy atom. The maximum absolute atomic E-state index is 14.1. The van der Waals surface area contributed by atoms with E-state index < -0.39 is 17.6 Å². The fourth-order valence-corrected chi connectivity index (χ4v) is 7.09. The molecular formula is C36H50F3NO5. The van der Waals surface area contributed by atoms with Gasteiger partial charge in [-0.15, -0.1) is 0 Å². The Morgan fingerprint density at radius 1 is 1.00 bits per heavy atom. The van der Waals surface area contributed by atoms with Crippen LogP contribution in [-0.4, -0.2) is 60.7 Å². The van der Waals surface area contributed by atoms with Gasteiger partial charge in [0.05, 0.1) is 24.2 Å². The van der Waals surface area contributed by atoms with E-state index >= 15 is 0 Å². The number of nitrogens with zero attached hydrogens (tertiary/aromatic N) is 1. The number of carboxylic acid groups (broad SMARTS) is 1. The normalized spacial score (nSPS) is 23.9. The van der Waals surface area contributed by atoms with Crippen LogP contribution in [0.5, 0.6) is 11.5 Å². The highest BCUT2D eigenvalue weighted by Gasteiger charge is 2.48. The van der Waals surface area contributed by atoms with E-state index in [1.54, 1.807) is 7.11 Å². The summed E-state index contributed by atoms with van der Waals surface area (Å²) in [6, 6.07) is 15.7. The lowest BCUT2D eigenvalue weighted by molar-refractivity contribution is -0.217. The minimum Gasteiger partial charge on any atom is -0.497 e. The molecule has 250 valence electrons. The summed E-state index contributed by atoms with van der Waals surface area (Å²) in [6.45, 7) is 8.08. The lowest BCUT2D eigenvalue weighted by Gasteiger charge is -2.46. The molecule has 1 atom stereocenters. The van der Waals surface area contributed by atoms with Crippen LogP contribution in [0.2, 0.25) is 0 Å². The van der Waals surface area contributed by atoms with Crippen LogP contribution in [0.15, 0.2) is 48.5 Å². The van der Waals surface area contributed by atoms with Gasteiger partial charge in [0.1, 0.15) is 11.5 Å². The van der Waals surface area contributed by atoms with Crippen LogP contribution in [0.3, 0.4) is 0 Å². The summed E-state index contributed by atoms with van der Waals surface area (Å²) in [7, 11) is 1.64. The van der Waals surface area contributed by atoms with Gasteiger partial charge in [0.25, 0.3) is 0 Å². The molecule has 2 aliphatic rings. The first kappa shape index (κ1) is 35.1. The molecule has 9 heteroatoms. The van der Waals surface area contributed by atoms with Crippen molar-refractivity contribution in [2.24, 2.45) is 11.3 Å². The standard InChI is InChI=1S/C36H50F3NO5/c1-33(2,36(37,38)39)25-40(20-18-35(19-21-44-34(3,4)24-35)28-10-16-29(43-5)17-11-28)23-27-8-14-31(15-9-27)45-30-12-6-26(7-13-30)22-32(41)42/h8-11,14-17,26,30H,6-7,12-13,18-25H2,1-5H3,(H,41,42)/t26-,30-,35-/m1/s1. The summed E-state index contributed by atoms with van der Waals surface area (Å²) in [5.41, 5.74) is -0.378. The minimum absolute atomic E-state index is 0.0443. The number of hydrogen-bond acceptors (Lipinski definition) is 5. The van der Waals surface area contributed by atoms with Crippen molar-refractivity contribution in [1.29, 1.82) is 0 Å². The van der Waals surface area contributed by atoms with Gasteiger partial charge in [-0.2, -0.15) is 13.2 Å². The Labute approximate surface area is 266 Å². The first-order valence-corrected chi connectivity index (χ1v) is 16.1. The molecule has 0 spiro atoms. The van der Waals surface area contributed by atoms with Crippen molar-refractivity contribution in [3.05, 3.63) is 59.7 Å². The molecule has 2 aromatic rings. The Morgan fingerprint density at radius 2 is 1.62 bits per heavy atom. The molecule has 0 amide bonds. The van der Waals surface area contributed by atoms with Gasteiger partial charge in [0.2, 0.25) is 0 Å². The topological polar surface area (TPSA) is 68.2 Å². The molecule has 0 unspecified atom stereocenters. The first-order chi connectivity index (χ1) is 21.1. The van der Waals surface area contributed by atoms with E-state index in [9.17, 15) is 18.0 Å². The third-order valence-electron chi connectivity index (χ3n) is 9.72. The average molecular weight is 634 g/mol. The van der Waals surface area contributed by atoms with Crippen LogP contribution in [-0.2, 0) is 21.5 Å². The van der Waals surface area contributed by atoms with Gasteiger partial charge in [-0.1, -0.05) is 24.3 Å². The molecular weight excluding hydrogens is 583 g/mol. The van der Waals surface area contributed by atoms with E-state index in [1.807, 2.05) is 41.3 Å². The third-order valence-corrected chi connectivity index (χ3v) is 9.72. The summed E-state index contributed by atoms with van der Waals surface area (Å²) in [6.07, 6.45) is 1.48. The zero-order valence-corrected chi connectivity index (χ0v) is 27.4. The van der Waals surface area contributed by atoms with Crippen molar-refractivity contribution in [2.45, 2.75) is 109 Å². The van der Waals surface area contributed by atoms with Gasteiger partial charge in [0.15, 0.2) is 0 Å². The van der Waals surface area contributed by atoms with Crippen molar-refractivity contribution in [1.82, 2.24) is 4.90 Å². The number of aliphatic carboxylic acids is 1. The third kappa shape index (κ3) is 9.61. The maximum atomic E-state index is 14.1. The van der Waals surface area contributed by atoms with Crippen LogP contribution in [0.1, 0.15) is 90.2 Å². The van der Waals surface area contributed by atoms with Gasteiger partial charge in [-0.05, 0) is 120 Å². The number of benzene rings is 2. The number of halogens is 3. The SMILES string of the molecule is COc1ccc([C@]2(CCN(Cc3ccc(O[C@H]4CC[C@H](CC(=O)O)CC4)cc3)CC(C)(C)C(F)(F)F)CCOC(C)(C)C2)cc1. The number of hydrogen-bond donors (Lipinski definition) is 1. The number of carbonyl (C=O) groups is 1. The van der Waals surface area contributed by atoms with Gasteiger partial charge in [0, 0.05) is 31.5 Å². The predicted molar refractivity (Wildman–Crippen MR) is 169 cm³/mol. The number of methoxy groups -OCH3 is 1. The smallest absolute Gasteiger partial charge is 0.395 e. The number of carboxylic acids is 1. The van der Waals surface area contributed by atoms with Crippen LogP contribution in [0.25, 0.3) is 0 Å². The van der Waals surface area contributed by atoms with Gasteiger partial charge in [-0.3, -0.25) is 9.69 Å². The fraction of sp³-hybridized carbons (Fsp3) is 0.639. The zero-order chi connectivity index (χ0) is 32.9.